The standard InChI is InChI=1S/C13H22N4O3/c1-13(2,4-3-11(18)19)5-6-15-12(20)16-8-10-7-14-9-17-10/h7,9H,3-6,8H2,1-2H3,(H,14,17)(H,18,19)(H2,15,16,20). The molecule has 7 nitrogen and oxygen atoms in total. The molecule has 1 aromatic heterocycles. The number of H-pyrrole nitrogens is 1. The molecule has 0 aliphatic rings. The summed E-state index contributed by atoms with van der Waals surface area (Å²) in [5.74, 6) is -0.789. The third-order valence-corrected chi connectivity index (χ3v) is 3.10. The molecule has 1 heterocycles. The van der Waals surface area contributed by atoms with Gasteiger partial charge in [0.05, 0.1) is 18.6 Å². The van der Waals surface area contributed by atoms with E-state index in [2.05, 4.69) is 20.6 Å². The first-order valence-corrected chi connectivity index (χ1v) is 6.60. The Bertz CT molecular complexity index is 429. The van der Waals surface area contributed by atoms with Crippen LogP contribution in [0.3, 0.4) is 0 Å². The first-order chi connectivity index (χ1) is 9.39. The van der Waals surface area contributed by atoms with Gasteiger partial charge < -0.3 is 20.7 Å². The van der Waals surface area contributed by atoms with Gasteiger partial charge in [-0.25, -0.2) is 9.78 Å². The van der Waals surface area contributed by atoms with E-state index in [9.17, 15) is 9.59 Å². The number of aliphatic carboxylic acids is 1. The van der Waals surface area contributed by atoms with Crippen molar-refractivity contribution in [2.45, 2.75) is 39.7 Å². The van der Waals surface area contributed by atoms with Gasteiger partial charge in [-0.3, -0.25) is 4.79 Å². The average molecular weight is 282 g/mol. The lowest BCUT2D eigenvalue weighted by Crippen LogP contribution is -2.37. The summed E-state index contributed by atoms with van der Waals surface area (Å²) in [5, 5.41) is 14.1. The number of rotatable bonds is 8. The van der Waals surface area contributed by atoms with Crippen molar-refractivity contribution in [3.63, 3.8) is 0 Å². The molecule has 1 rings (SSSR count). The summed E-state index contributed by atoms with van der Waals surface area (Å²) in [6, 6.07) is -0.242. The van der Waals surface area contributed by atoms with Gasteiger partial charge in [-0.2, -0.15) is 0 Å². The minimum absolute atomic E-state index is 0.102. The fourth-order valence-corrected chi connectivity index (χ4v) is 1.70. The quantitative estimate of drug-likeness (QED) is 0.579. The maximum absolute atomic E-state index is 11.5. The molecule has 0 unspecified atom stereocenters. The zero-order chi connectivity index (χ0) is 15.0. The van der Waals surface area contributed by atoms with Crippen LogP contribution < -0.4 is 10.6 Å². The number of carbonyl (C=O) groups excluding carboxylic acids is 1. The van der Waals surface area contributed by atoms with E-state index in [1.165, 1.54) is 0 Å². The molecular weight excluding hydrogens is 260 g/mol. The second kappa shape index (κ2) is 7.52. The molecule has 0 bridgehead atoms. The number of amides is 2. The van der Waals surface area contributed by atoms with E-state index in [0.29, 0.717) is 19.5 Å². The molecule has 20 heavy (non-hydrogen) atoms. The summed E-state index contributed by atoms with van der Waals surface area (Å²) in [6.45, 7) is 4.91. The Kier molecular flexibility index (Phi) is 6.02. The van der Waals surface area contributed by atoms with Gasteiger partial charge in [0.15, 0.2) is 0 Å². The summed E-state index contributed by atoms with van der Waals surface area (Å²) in [5.41, 5.74) is 0.733. The lowest BCUT2D eigenvalue weighted by atomic mass is 9.84. The summed E-state index contributed by atoms with van der Waals surface area (Å²) in [4.78, 5) is 28.8. The van der Waals surface area contributed by atoms with Crippen LogP contribution >= 0.6 is 0 Å². The number of carboxylic acids is 1. The Morgan fingerprint density at radius 3 is 2.70 bits per heavy atom. The van der Waals surface area contributed by atoms with Crippen LogP contribution in [0.4, 0.5) is 4.79 Å². The molecule has 7 heteroatoms. The number of aromatic nitrogens is 2. The molecule has 0 spiro atoms. The smallest absolute Gasteiger partial charge is 0.315 e. The molecule has 0 aromatic carbocycles. The monoisotopic (exact) mass is 282 g/mol. The summed E-state index contributed by atoms with van der Waals surface area (Å²) in [6.07, 6.45) is 4.69. The fourth-order valence-electron chi connectivity index (χ4n) is 1.70. The predicted octanol–water partition coefficient (Wildman–Crippen LogP) is 1.49. The SMILES string of the molecule is CC(C)(CCNC(=O)NCc1cnc[nH]1)CCC(=O)O. The van der Waals surface area contributed by atoms with Crippen LogP contribution in [0.1, 0.15) is 38.8 Å². The second-order valence-electron chi connectivity index (χ2n) is 5.49. The summed E-state index contributed by atoms with van der Waals surface area (Å²) in [7, 11) is 0. The third-order valence-electron chi connectivity index (χ3n) is 3.10. The molecular formula is C13H22N4O3. The van der Waals surface area contributed by atoms with Gasteiger partial charge in [0, 0.05) is 19.2 Å². The Balaban J connectivity index is 2.15. The number of carboxylic acid groups (broad SMARTS) is 1. The van der Waals surface area contributed by atoms with E-state index in [1.807, 2.05) is 13.8 Å². The van der Waals surface area contributed by atoms with Gasteiger partial charge >= 0.3 is 12.0 Å². The van der Waals surface area contributed by atoms with Gasteiger partial charge in [0.2, 0.25) is 0 Å². The number of urea groups is 1. The molecule has 0 atom stereocenters. The molecule has 112 valence electrons. The highest BCUT2D eigenvalue weighted by atomic mass is 16.4. The predicted molar refractivity (Wildman–Crippen MR) is 74.1 cm³/mol. The number of hydrogen-bond acceptors (Lipinski definition) is 3. The van der Waals surface area contributed by atoms with Crippen molar-refractivity contribution in [1.29, 1.82) is 0 Å². The van der Waals surface area contributed by atoms with Gasteiger partial charge in [-0.15, -0.1) is 0 Å². The van der Waals surface area contributed by atoms with Crippen molar-refractivity contribution in [3.8, 4) is 0 Å². The largest absolute Gasteiger partial charge is 0.481 e. The number of nitrogens with one attached hydrogen (secondary N) is 3. The number of nitrogens with zero attached hydrogens (tertiary/aromatic N) is 1. The highest BCUT2D eigenvalue weighted by molar-refractivity contribution is 5.73. The topological polar surface area (TPSA) is 107 Å². The molecule has 0 radical (unpaired) electrons. The third kappa shape index (κ3) is 6.77. The van der Waals surface area contributed by atoms with E-state index in [4.69, 9.17) is 5.11 Å². The molecule has 4 N–H and O–H groups in total. The van der Waals surface area contributed by atoms with Crippen molar-refractivity contribution in [1.82, 2.24) is 20.6 Å². The maximum Gasteiger partial charge on any atom is 0.315 e. The van der Waals surface area contributed by atoms with Crippen LogP contribution in [0.2, 0.25) is 0 Å². The van der Waals surface area contributed by atoms with Crippen LogP contribution in [-0.4, -0.2) is 33.6 Å². The Hall–Kier alpha value is -2.05. The highest BCUT2D eigenvalue weighted by Crippen LogP contribution is 2.25. The average Bonchev–Trinajstić information content (AvgIpc) is 2.87. The lowest BCUT2D eigenvalue weighted by molar-refractivity contribution is -0.137. The Morgan fingerprint density at radius 1 is 1.35 bits per heavy atom. The van der Waals surface area contributed by atoms with E-state index >= 15 is 0 Å². The second-order valence-corrected chi connectivity index (χ2v) is 5.49. The first kappa shape index (κ1) is 16.0. The van der Waals surface area contributed by atoms with E-state index in [-0.39, 0.29) is 17.9 Å². The van der Waals surface area contributed by atoms with Crippen LogP contribution in [0.15, 0.2) is 12.5 Å². The minimum Gasteiger partial charge on any atom is -0.481 e. The summed E-state index contributed by atoms with van der Waals surface area (Å²) < 4.78 is 0. The first-order valence-electron chi connectivity index (χ1n) is 6.60. The van der Waals surface area contributed by atoms with Crippen LogP contribution in [0.25, 0.3) is 0 Å². The molecule has 2 amide bonds. The van der Waals surface area contributed by atoms with E-state index in [0.717, 1.165) is 12.1 Å². The van der Waals surface area contributed by atoms with Crippen molar-refractivity contribution in [2.24, 2.45) is 5.41 Å². The van der Waals surface area contributed by atoms with E-state index < -0.39 is 5.97 Å². The molecule has 0 saturated carbocycles. The molecule has 0 aliphatic carbocycles. The zero-order valence-electron chi connectivity index (χ0n) is 11.9. The van der Waals surface area contributed by atoms with Crippen molar-refractivity contribution in [2.75, 3.05) is 6.54 Å². The van der Waals surface area contributed by atoms with E-state index in [1.54, 1.807) is 12.5 Å². The summed E-state index contributed by atoms with van der Waals surface area (Å²) >= 11 is 0. The Morgan fingerprint density at radius 2 is 2.10 bits per heavy atom. The lowest BCUT2D eigenvalue weighted by Gasteiger charge is -2.23. The highest BCUT2D eigenvalue weighted by Gasteiger charge is 2.19. The van der Waals surface area contributed by atoms with Crippen molar-refractivity contribution < 1.29 is 14.7 Å². The van der Waals surface area contributed by atoms with Crippen LogP contribution in [-0.2, 0) is 11.3 Å². The van der Waals surface area contributed by atoms with Gasteiger partial charge in [0.25, 0.3) is 0 Å². The van der Waals surface area contributed by atoms with Crippen LogP contribution in [0, 0.1) is 5.41 Å². The van der Waals surface area contributed by atoms with Crippen molar-refractivity contribution >= 4 is 12.0 Å². The van der Waals surface area contributed by atoms with Gasteiger partial charge in [-0.1, -0.05) is 13.8 Å². The zero-order valence-corrected chi connectivity index (χ0v) is 11.9. The fraction of sp³-hybridized carbons (Fsp3) is 0.615. The van der Waals surface area contributed by atoms with Gasteiger partial charge in [-0.05, 0) is 18.3 Å². The Labute approximate surface area is 118 Å². The van der Waals surface area contributed by atoms with Crippen LogP contribution in [0.5, 0.6) is 0 Å². The molecule has 1 aromatic rings. The number of aromatic amines is 1. The molecule has 0 aliphatic heterocycles. The number of carbonyl (C=O) groups is 2. The minimum atomic E-state index is -0.789. The number of hydrogen-bond donors (Lipinski definition) is 4. The molecule has 0 fully saturated rings. The number of imidazole rings is 1. The maximum atomic E-state index is 11.5. The van der Waals surface area contributed by atoms with Crippen molar-refractivity contribution in [3.05, 3.63) is 18.2 Å². The van der Waals surface area contributed by atoms with Gasteiger partial charge in [0.1, 0.15) is 0 Å². The molecule has 0 saturated heterocycles. The normalized spacial score (nSPS) is 11.1.